The van der Waals surface area contributed by atoms with Crippen molar-refractivity contribution < 1.29 is 22.8 Å². The number of hydrogen-bond donors (Lipinski definition) is 0. The molecule has 5 rings (SSSR count). The highest BCUT2D eigenvalue weighted by atomic mass is 19.1. The summed E-state index contributed by atoms with van der Waals surface area (Å²) >= 11 is 0. The molecule has 1 fully saturated rings. The van der Waals surface area contributed by atoms with Gasteiger partial charge in [-0.15, -0.1) is 0 Å². The number of carbonyl (C=O) groups excluding carboxylic acids is 1. The lowest BCUT2D eigenvalue weighted by atomic mass is 10.1. The summed E-state index contributed by atoms with van der Waals surface area (Å²) in [5.41, 5.74) is 1.34. The van der Waals surface area contributed by atoms with Gasteiger partial charge in [-0.05, 0) is 54.6 Å². The Labute approximate surface area is 182 Å². The molecule has 1 aliphatic rings. The minimum Gasteiger partial charge on any atom is -0.487 e. The zero-order chi connectivity index (χ0) is 22.1. The minimum absolute atomic E-state index is 0.226. The smallest absolute Gasteiger partial charge is 0.258 e. The second-order valence-electron chi connectivity index (χ2n) is 7.39. The second-order valence-corrected chi connectivity index (χ2v) is 7.39. The average molecular weight is 433 g/mol. The van der Waals surface area contributed by atoms with Crippen molar-refractivity contribution in [2.45, 2.75) is 6.10 Å². The van der Waals surface area contributed by atoms with E-state index in [1.54, 1.807) is 12.1 Å². The Morgan fingerprint density at radius 3 is 2.47 bits per heavy atom. The van der Waals surface area contributed by atoms with Gasteiger partial charge in [-0.1, -0.05) is 23.4 Å². The van der Waals surface area contributed by atoms with Gasteiger partial charge in [0.2, 0.25) is 5.82 Å². The molecule has 0 bridgehead atoms. The molecule has 0 saturated carbocycles. The fourth-order valence-corrected chi connectivity index (χ4v) is 3.42. The highest BCUT2D eigenvalue weighted by Crippen LogP contribution is 2.26. The van der Waals surface area contributed by atoms with E-state index in [0.29, 0.717) is 30.6 Å². The minimum atomic E-state index is -0.742. The van der Waals surface area contributed by atoms with Crippen LogP contribution in [-0.2, 0) is 0 Å². The van der Waals surface area contributed by atoms with Crippen LogP contribution in [0.5, 0.6) is 5.75 Å². The van der Waals surface area contributed by atoms with Crippen LogP contribution in [0.2, 0.25) is 0 Å². The first kappa shape index (κ1) is 19.9. The summed E-state index contributed by atoms with van der Waals surface area (Å²) in [6.45, 7) is 0.587. The molecule has 8 heteroatoms. The number of amides is 1. The summed E-state index contributed by atoms with van der Waals surface area (Å²) in [6, 6.07) is 19.5. The van der Waals surface area contributed by atoms with Crippen LogP contribution in [0, 0.1) is 11.6 Å². The highest BCUT2D eigenvalue weighted by molar-refractivity contribution is 5.95. The molecule has 4 aromatic rings. The Kier molecular flexibility index (Phi) is 5.10. The molecule has 1 aliphatic heterocycles. The van der Waals surface area contributed by atoms with Crippen molar-refractivity contribution in [1.82, 2.24) is 15.0 Å². The van der Waals surface area contributed by atoms with Crippen molar-refractivity contribution >= 4 is 5.91 Å². The number of hydrogen-bond acceptors (Lipinski definition) is 5. The molecule has 160 valence electrons. The van der Waals surface area contributed by atoms with Gasteiger partial charge in [-0.3, -0.25) is 4.79 Å². The summed E-state index contributed by atoms with van der Waals surface area (Å²) in [7, 11) is 0. The second kappa shape index (κ2) is 8.22. The largest absolute Gasteiger partial charge is 0.487 e. The zero-order valence-electron chi connectivity index (χ0n) is 16.7. The molecule has 1 amide bonds. The van der Waals surface area contributed by atoms with E-state index >= 15 is 0 Å². The summed E-state index contributed by atoms with van der Waals surface area (Å²) in [5.74, 6) is -0.421. The molecular weight excluding hydrogens is 416 g/mol. The van der Waals surface area contributed by atoms with E-state index in [2.05, 4.69) is 10.1 Å². The van der Waals surface area contributed by atoms with Crippen molar-refractivity contribution in [3.05, 3.63) is 90.0 Å². The normalized spacial score (nSPS) is 13.6. The van der Waals surface area contributed by atoms with Crippen molar-refractivity contribution in [3.8, 4) is 28.6 Å². The van der Waals surface area contributed by atoms with Gasteiger partial charge in [0.05, 0.1) is 18.7 Å². The summed E-state index contributed by atoms with van der Waals surface area (Å²) in [5, 5.41) is 4.02. The van der Waals surface area contributed by atoms with Crippen LogP contribution in [0.4, 0.5) is 8.78 Å². The van der Waals surface area contributed by atoms with Crippen LogP contribution in [0.25, 0.3) is 22.8 Å². The Balaban J connectivity index is 1.19. The fraction of sp³-hybridized carbons (Fsp3) is 0.125. The number of carbonyl (C=O) groups is 1. The molecule has 0 N–H and O–H groups in total. The molecule has 0 spiro atoms. The monoisotopic (exact) mass is 433 g/mol. The van der Waals surface area contributed by atoms with Crippen LogP contribution in [0.3, 0.4) is 0 Å². The maximum absolute atomic E-state index is 13.8. The molecule has 0 unspecified atom stereocenters. The molecule has 6 nitrogen and oxygen atoms in total. The van der Waals surface area contributed by atoms with Gasteiger partial charge >= 0.3 is 0 Å². The van der Waals surface area contributed by atoms with Gasteiger partial charge in [-0.2, -0.15) is 4.98 Å². The van der Waals surface area contributed by atoms with Gasteiger partial charge in [0.25, 0.3) is 11.8 Å². The Bertz CT molecular complexity index is 1250. The number of nitrogens with zero attached hydrogens (tertiary/aromatic N) is 3. The predicted octanol–water partition coefficient (Wildman–Crippen LogP) is 4.59. The molecule has 32 heavy (non-hydrogen) atoms. The van der Waals surface area contributed by atoms with Crippen LogP contribution >= 0.6 is 0 Å². The van der Waals surface area contributed by atoms with Gasteiger partial charge in [-0.25, -0.2) is 8.78 Å². The number of aromatic nitrogens is 2. The van der Waals surface area contributed by atoms with Crippen molar-refractivity contribution in [2.75, 3.05) is 13.1 Å². The number of halogens is 2. The standard InChI is InChI=1S/C24H17F2N3O3/c25-17-8-11-21(26)20(12-17)24(30)29-13-19(14-29)31-18-9-6-15(7-10-18)22-27-23(32-28-22)16-4-2-1-3-5-16/h1-12,19H,13-14H2. The maximum Gasteiger partial charge on any atom is 0.258 e. The molecule has 1 saturated heterocycles. The van der Waals surface area contributed by atoms with E-state index in [4.69, 9.17) is 9.26 Å². The third kappa shape index (κ3) is 3.94. The first-order chi connectivity index (χ1) is 15.6. The third-order valence-corrected chi connectivity index (χ3v) is 5.16. The van der Waals surface area contributed by atoms with Crippen LogP contribution in [-0.4, -0.2) is 40.1 Å². The number of ether oxygens (including phenoxy) is 1. The van der Waals surface area contributed by atoms with E-state index in [-0.39, 0.29) is 11.7 Å². The lowest BCUT2D eigenvalue weighted by Crippen LogP contribution is -2.56. The molecule has 0 atom stereocenters. The summed E-state index contributed by atoms with van der Waals surface area (Å²) in [6.07, 6.45) is -0.226. The van der Waals surface area contributed by atoms with E-state index in [0.717, 1.165) is 29.3 Å². The van der Waals surface area contributed by atoms with E-state index in [9.17, 15) is 13.6 Å². The summed E-state index contributed by atoms with van der Waals surface area (Å²) < 4.78 is 38.3. The van der Waals surface area contributed by atoms with Gasteiger partial charge in [0.15, 0.2) is 0 Å². The van der Waals surface area contributed by atoms with E-state index < -0.39 is 17.5 Å². The topological polar surface area (TPSA) is 68.5 Å². The molecule has 1 aromatic heterocycles. The Hall–Kier alpha value is -4.07. The van der Waals surface area contributed by atoms with Crippen molar-refractivity contribution in [1.29, 1.82) is 0 Å². The van der Waals surface area contributed by atoms with E-state index in [1.807, 2.05) is 42.5 Å². The average Bonchev–Trinajstić information content (AvgIpc) is 3.28. The van der Waals surface area contributed by atoms with Crippen LogP contribution in [0.1, 0.15) is 10.4 Å². The number of benzene rings is 3. The number of rotatable bonds is 5. The lowest BCUT2D eigenvalue weighted by Gasteiger charge is -2.39. The van der Waals surface area contributed by atoms with E-state index in [1.165, 1.54) is 4.90 Å². The molecular formula is C24H17F2N3O3. The fourth-order valence-electron chi connectivity index (χ4n) is 3.42. The Morgan fingerprint density at radius 1 is 0.969 bits per heavy atom. The maximum atomic E-state index is 13.8. The SMILES string of the molecule is O=C(c1cc(F)ccc1F)N1CC(Oc2ccc(-c3noc(-c4ccccc4)n3)cc2)C1. The van der Waals surface area contributed by atoms with Gasteiger partial charge in [0.1, 0.15) is 23.5 Å². The quantitative estimate of drug-likeness (QED) is 0.461. The highest BCUT2D eigenvalue weighted by Gasteiger charge is 2.34. The molecule has 0 aliphatic carbocycles. The number of likely N-dealkylation sites (tertiary alicyclic amines) is 1. The third-order valence-electron chi connectivity index (χ3n) is 5.16. The summed E-state index contributed by atoms with van der Waals surface area (Å²) in [4.78, 5) is 18.2. The molecule has 2 heterocycles. The van der Waals surface area contributed by atoms with Gasteiger partial charge in [0, 0.05) is 11.1 Å². The Morgan fingerprint density at radius 2 is 1.72 bits per heavy atom. The lowest BCUT2D eigenvalue weighted by molar-refractivity contribution is 0.0174. The first-order valence-electron chi connectivity index (χ1n) is 9.97. The molecule has 0 radical (unpaired) electrons. The molecule has 3 aromatic carbocycles. The van der Waals surface area contributed by atoms with Crippen molar-refractivity contribution in [2.24, 2.45) is 0 Å². The van der Waals surface area contributed by atoms with Crippen molar-refractivity contribution in [3.63, 3.8) is 0 Å². The predicted molar refractivity (Wildman–Crippen MR) is 112 cm³/mol. The first-order valence-corrected chi connectivity index (χ1v) is 9.97. The van der Waals surface area contributed by atoms with Crippen LogP contribution < -0.4 is 4.74 Å². The zero-order valence-corrected chi connectivity index (χ0v) is 16.7. The van der Waals surface area contributed by atoms with Gasteiger partial charge < -0.3 is 14.2 Å². The van der Waals surface area contributed by atoms with Crippen LogP contribution in [0.15, 0.2) is 77.3 Å².